The summed E-state index contributed by atoms with van der Waals surface area (Å²) in [5, 5.41) is 7.10. The topological polar surface area (TPSA) is 50.4 Å². The van der Waals surface area contributed by atoms with Gasteiger partial charge in [0.05, 0.1) is 18.7 Å². The first-order valence-electron chi connectivity index (χ1n) is 8.01. The molecule has 0 amide bonds. The molecule has 1 atom stereocenters. The van der Waals surface area contributed by atoms with E-state index in [2.05, 4.69) is 34.9 Å². The van der Waals surface area contributed by atoms with Crippen LogP contribution >= 0.6 is 12.2 Å². The first-order valence-corrected chi connectivity index (χ1v) is 8.42. The molecule has 24 heavy (non-hydrogen) atoms. The zero-order valence-corrected chi connectivity index (χ0v) is 14.4. The van der Waals surface area contributed by atoms with Crippen LogP contribution in [0.15, 0.2) is 48.5 Å². The Morgan fingerprint density at radius 2 is 2.04 bits per heavy atom. The maximum Gasteiger partial charge on any atom is 0.337 e. The average Bonchev–Trinajstić information content (AvgIpc) is 2.61. The molecular weight excluding hydrogens is 320 g/mol. The van der Waals surface area contributed by atoms with Gasteiger partial charge in [0, 0.05) is 5.69 Å². The normalized spacial score (nSPS) is 16.0. The minimum absolute atomic E-state index is 0.221. The smallest absolute Gasteiger partial charge is 0.337 e. The molecule has 0 aliphatic heterocycles. The Morgan fingerprint density at radius 3 is 2.88 bits per heavy atom. The van der Waals surface area contributed by atoms with Crippen molar-refractivity contribution in [3.05, 3.63) is 65.2 Å². The zero-order valence-electron chi connectivity index (χ0n) is 13.5. The zero-order chi connectivity index (χ0) is 16.9. The van der Waals surface area contributed by atoms with Crippen LogP contribution in [-0.2, 0) is 11.2 Å². The number of carbonyl (C=O) groups is 1. The molecule has 4 nitrogen and oxygen atoms in total. The van der Waals surface area contributed by atoms with E-state index in [1.54, 1.807) is 18.2 Å². The maximum atomic E-state index is 11.6. The lowest BCUT2D eigenvalue weighted by Crippen LogP contribution is -2.34. The van der Waals surface area contributed by atoms with Crippen molar-refractivity contribution in [2.75, 3.05) is 12.4 Å². The van der Waals surface area contributed by atoms with Gasteiger partial charge in [-0.25, -0.2) is 4.79 Å². The number of carbonyl (C=O) groups excluding carboxylic acids is 1. The Kier molecular flexibility index (Phi) is 5.11. The second-order valence-corrected chi connectivity index (χ2v) is 6.22. The summed E-state index contributed by atoms with van der Waals surface area (Å²) in [6.45, 7) is 0. The van der Waals surface area contributed by atoms with Crippen LogP contribution in [0.25, 0.3) is 0 Å². The lowest BCUT2D eigenvalue weighted by atomic mass is 9.88. The maximum absolute atomic E-state index is 11.6. The van der Waals surface area contributed by atoms with Crippen LogP contribution in [0.5, 0.6) is 0 Å². The van der Waals surface area contributed by atoms with Gasteiger partial charge in [0.1, 0.15) is 0 Å². The van der Waals surface area contributed by atoms with E-state index >= 15 is 0 Å². The van der Waals surface area contributed by atoms with Gasteiger partial charge < -0.3 is 15.4 Å². The molecule has 1 aliphatic rings. The molecule has 0 saturated heterocycles. The predicted molar refractivity (Wildman–Crippen MR) is 99.3 cm³/mol. The summed E-state index contributed by atoms with van der Waals surface area (Å²) in [7, 11) is 1.37. The van der Waals surface area contributed by atoms with Gasteiger partial charge in [0.25, 0.3) is 0 Å². The summed E-state index contributed by atoms with van der Waals surface area (Å²) in [6.07, 6.45) is 3.33. The van der Waals surface area contributed by atoms with Gasteiger partial charge in [-0.3, -0.25) is 0 Å². The Morgan fingerprint density at radius 1 is 1.21 bits per heavy atom. The first-order chi connectivity index (χ1) is 11.7. The Labute approximate surface area is 147 Å². The lowest BCUT2D eigenvalue weighted by molar-refractivity contribution is 0.0601. The van der Waals surface area contributed by atoms with Gasteiger partial charge in [-0.2, -0.15) is 0 Å². The Balaban J connectivity index is 1.68. The summed E-state index contributed by atoms with van der Waals surface area (Å²) in [4.78, 5) is 11.6. The SMILES string of the molecule is COC(=O)c1cccc(NC(=S)NC2CCCc3ccccc32)c1. The molecule has 0 bridgehead atoms. The van der Waals surface area contributed by atoms with Crippen molar-refractivity contribution >= 4 is 29.0 Å². The van der Waals surface area contributed by atoms with Crippen molar-refractivity contribution in [1.29, 1.82) is 0 Å². The molecule has 0 saturated carbocycles. The molecule has 1 aliphatic carbocycles. The molecule has 124 valence electrons. The van der Waals surface area contributed by atoms with Crippen molar-refractivity contribution in [2.45, 2.75) is 25.3 Å². The fraction of sp³-hybridized carbons (Fsp3) is 0.263. The van der Waals surface area contributed by atoms with Crippen molar-refractivity contribution in [1.82, 2.24) is 5.32 Å². The highest BCUT2D eigenvalue weighted by Crippen LogP contribution is 2.29. The number of ether oxygens (including phenoxy) is 1. The highest BCUT2D eigenvalue weighted by atomic mass is 32.1. The van der Waals surface area contributed by atoms with Gasteiger partial charge in [0.2, 0.25) is 0 Å². The summed E-state index contributed by atoms with van der Waals surface area (Å²) in [6, 6.07) is 15.8. The first kappa shape index (κ1) is 16.5. The monoisotopic (exact) mass is 340 g/mol. The number of nitrogens with one attached hydrogen (secondary N) is 2. The minimum atomic E-state index is -0.362. The van der Waals surface area contributed by atoms with Crippen molar-refractivity contribution < 1.29 is 9.53 Å². The Bertz CT molecular complexity index is 761. The molecular formula is C19H20N2O2S. The third kappa shape index (κ3) is 3.74. The number of hydrogen-bond donors (Lipinski definition) is 2. The van der Waals surface area contributed by atoms with Crippen LogP contribution in [0.1, 0.15) is 40.4 Å². The van der Waals surface area contributed by atoms with E-state index in [-0.39, 0.29) is 12.0 Å². The second-order valence-electron chi connectivity index (χ2n) is 5.81. The van der Waals surface area contributed by atoms with E-state index in [1.807, 2.05) is 6.07 Å². The summed E-state index contributed by atoms with van der Waals surface area (Å²) < 4.78 is 4.74. The average molecular weight is 340 g/mol. The largest absolute Gasteiger partial charge is 0.465 e. The van der Waals surface area contributed by atoms with E-state index in [4.69, 9.17) is 17.0 Å². The summed E-state index contributed by atoms with van der Waals surface area (Å²) >= 11 is 5.44. The highest BCUT2D eigenvalue weighted by molar-refractivity contribution is 7.80. The predicted octanol–water partition coefficient (Wildman–Crippen LogP) is 3.84. The number of aryl methyl sites for hydroxylation is 1. The summed E-state index contributed by atoms with van der Waals surface area (Å²) in [5.41, 5.74) is 3.96. The molecule has 5 heteroatoms. The fourth-order valence-corrected chi connectivity index (χ4v) is 3.33. The van der Waals surface area contributed by atoms with Crippen LogP contribution in [0.4, 0.5) is 5.69 Å². The Hall–Kier alpha value is -2.40. The van der Waals surface area contributed by atoms with Crippen molar-refractivity contribution in [3.63, 3.8) is 0 Å². The minimum Gasteiger partial charge on any atom is -0.465 e. The third-order valence-corrected chi connectivity index (χ3v) is 4.44. The molecule has 0 fully saturated rings. The fourth-order valence-electron chi connectivity index (χ4n) is 3.07. The lowest BCUT2D eigenvalue weighted by Gasteiger charge is -2.27. The quantitative estimate of drug-likeness (QED) is 0.657. The van der Waals surface area contributed by atoms with Crippen LogP contribution in [-0.4, -0.2) is 18.2 Å². The van der Waals surface area contributed by atoms with Crippen LogP contribution < -0.4 is 10.6 Å². The third-order valence-electron chi connectivity index (χ3n) is 4.22. The molecule has 2 aromatic rings. The van der Waals surface area contributed by atoms with Gasteiger partial charge >= 0.3 is 5.97 Å². The van der Waals surface area contributed by atoms with Crippen molar-refractivity contribution in [2.24, 2.45) is 0 Å². The number of esters is 1. The number of rotatable bonds is 3. The molecule has 1 unspecified atom stereocenters. The highest BCUT2D eigenvalue weighted by Gasteiger charge is 2.20. The van der Waals surface area contributed by atoms with Gasteiger partial charge in [-0.05, 0) is 60.8 Å². The van der Waals surface area contributed by atoms with Gasteiger partial charge in [0.15, 0.2) is 5.11 Å². The van der Waals surface area contributed by atoms with Crippen LogP contribution in [0, 0.1) is 0 Å². The van der Waals surface area contributed by atoms with E-state index < -0.39 is 0 Å². The van der Waals surface area contributed by atoms with Crippen molar-refractivity contribution in [3.8, 4) is 0 Å². The van der Waals surface area contributed by atoms with Crippen LogP contribution in [0.3, 0.4) is 0 Å². The number of benzene rings is 2. The van der Waals surface area contributed by atoms with Gasteiger partial charge in [-0.1, -0.05) is 30.3 Å². The van der Waals surface area contributed by atoms with Crippen LogP contribution in [0.2, 0.25) is 0 Å². The second kappa shape index (κ2) is 7.45. The molecule has 3 rings (SSSR count). The van der Waals surface area contributed by atoms with E-state index in [9.17, 15) is 4.79 Å². The molecule has 2 aromatic carbocycles. The van der Waals surface area contributed by atoms with Gasteiger partial charge in [-0.15, -0.1) is 0 Å². The molecule has 0 spiro atoms. The molecule has 2 N–H and O–H groups in total. The van der Waals surface area contributed by atoms with E-state index in [0.717, 1.165) is 24.9 Å². The standard InChI is InChI=1S/C19H20N2O2S/c1-23-18(22)14-8-4-9-15(12-14)20-19(24)21-17-11-5-7-13-6-2-3-10-16(13)17/h2-4,6,8-10,12,17H,5,7,11H2,1H3,(H2,20,21,24). The number of fused-ring (bicyclic) bond motifs is 1. The molecule has 0 aromatic heterocycles. The van der Waals surface area contributed by atoms with E-state index in [0.29, 0.717) is 10.7 Å². The molecule has 0 heterocycles. The van der Waals surface area contributed by atoms with E-state index in [1.165, 1.54) is 18.2 Å². The molecule has 0 radical (unpaired) electrons. The number of anilines is 1. The summed E-state index contributed by atoms with van der Waals surface area (Å²) in [5.74, 6) is -0.362. The number of thiocarbonyl (C=S) groups is 1. The number of methoxy groups -OCH3 is 1. The number of hydrogen-bond acceptors (Lipinski definition) is 3.